The van der Waals surface area contributed by atoms with Gasteiger partial charge in [0.2, 0.25) is 10.0 Å². The van der Waals surface area contributed by atoms with E-state index in [9.17, 15) is 8.42 Å². The number of aromatic nitrogens is 3. The van der Waals surface area contributed by atoms with Crippen molar-refractivity contribution in [1.29, 1.82) is 0 Å². The number of nitrogens with one attached hydrogen (secondary N) is 1. The van der Waals surface area contributed by atoms with Gasteiger partial charge in [0.15, 0.2) is 5.65 Å². The maximum atomic E-state index is 12.6. The Hall–Kier alpha value is -2.71. The van der Waals surface area contributed by atoms with E-state index in [2.05, 4.69) is 41.3 Å². The molecule has 0 saturated heterocycles. The Morgan fingerprint density at radius 1 is 1.06 bits per heavy atom. The molecular formula is C25H30N4O2S2. The summed E-state index contributed by atoms with van der Waals surface area (Å²) in [7, 11) is -3.49. The number of nitrogens with zero attached hydrogens (tertiary/aromatic N) is 3. The zero-order chi connectivity index (χ0) is 24.0. The highest BCUT2D eigenvalue weighted by Crippen LogP contribution is 2.35. The summed E-state index contributed by atoms with van der Waals surface area (Å²) < 4.78 is 29.3. The van der Waals surface area contributed by atoms with E-state index in [0.29, 0.717) is 12.2 Å². The first kappa shape index (κ1) is 23.4. The highest BCUT2D eigenvalue weighted by molar-refractivity contribution is 7.94. The highest BCUT2D eigenvalue weighted by Gasteiger charge is 2.29. The Morgan fingerprint density at radius 3 is 2.39 bits per heavy atom. The summed E-state index contributed by atoms with van der Waals surface area (Å²) in [5.41, 5.74) is 6.76. The molecule has 8 heteroatoms. The zero-order valence-electron chi connectivity index (χ0n) is 19.9. The molecule has 0 aliphatic heterocycles. The molecule has 0 aliphatic carbocycles. The molecule has 0 radical (unpaired) electrons. The number of hydrogen-bond donors (Lipinski definition) is 1. The zero-order valence-corrected chi connectivity index (χ0v) is 21.6. The van der Waals surface area contributed by atoms with Crippen LogP contribution in [0.15, 0.2) is 41.8 Å². The molecule has 0 amide bonds. The Morgan fingerprint density at radius 2 is 1.76 bits per heavy atom. The molecule has 33 heavy (non-hydrogen) atoms. The molecule has 0 saturated carbocycles. The minimum absolute atomic E-state index is 0.617. The van der Waals surface area contributed by atoms with Crippen LogP contribution in [0.5, 0.6) is 0 Å². The van der Waals surface area contributed by atoms with Gasteiger partial charge in [-0.2, -0.15) is 0 Å². The standard InChI is InChI=1S/C25H30N4O2S2/c1-7-21-27-22-16(2)14-17(3)26-24(22)29(21)15-18-8-10-19(11-9-18)23-20(12-13-32-23)28-33(30,31)25(4,5)6/h8-14,28H,7,15H2,1-6H3. The fraction of sp³-hybridized carbons (Fsp3) is 0.360. The number of benzene rings is 1. The van der Waals surface area contributed by atoms with Crippen molar-refractivity contribution in [3.63, 3.8) is 0 Å². The van der Waals surface area contributed by atoms with Crippen LogP contribution in [0, 0.1) is 13.8 Å². The Labute approximate surface area is 199 Å². The quantitative estimate of drug-likeness (QED) is 0.370. The highest BCUT2D eigenvalue weighted by atomic mass is 32.2. The van der Waals surface area contributed by atoms with E-state index in [0.717, 1.165) is 50.7 Å². The van der Waals surface area contributed by atoms with Crippen molar-refractivity contribution in [1.82, 2.24) is 14.5 Å². The SMILES string of the molecule is CCc1nc2c(C)cc(C)nc2n1Cc1ccc(-c2sccc2NS(=O)(=O)C(C)(C)C)cc1. The first-order valence-electron chi connectivity index (χ1n) is 11.0. The van der Waals surface area contributed by atoms with Crippen molar-refractivity contribution in [2.45, 2.75) is 59.3 Å². The minimum atomic E-state index is -3.49. The van der Waals surface area contributed by atoms with Crippen molar-refractivity contribution < 1.29 is 8.42 Å². The van der Waals surface area contributed by atoms with Gasteiger partial charge < -0.3 is 4.57 Å². The van der Waals surface area contributed by atoms with Crippen LogP contribution >= 0.6 is 11.3 Å². The molecule has 0 atom stereocenters. The molecule has 1 N–H and O–H groups in total. The topological polar surface area (TPSA) is 76.9 Å². The van der Waals surface area contributed by atoms with Crippen LogP contribution in [-0.4, -0.2) is 27.7 Å². The van der Waals surface area contributed by atoms with Gasteiger partial charge in [-0.3, -0.25) is 4.72 Å². The molecule has 0 fully saturated rings. The van der Waals surface area contributed by atoms with E-state index in [-0.39, 0.29) is 0 Å². The maximum absolute atomic E-state index is 12.6. The number of pyridine rings is 1. The maximum Gasteiger partial charge on any atom is 0.237 e. The van der Waals surface area contributed by atoms with Gasteiger partial charge in [-0.1, -0.05) is 31.2 Å². The monoisotopic (exact) mass is 482 g/mol. The number of hydrogen-bond acceptors (Lipinski definition) is 5. The average molecular weight is 483 g/mol. The summed E-state index contributed by atoms with van der Waals surface area (Å²) in [6.07, 6.45) is 0.833. The van der Waals surface area contributed by atoms with Crippen molar-refractivity contribution in [2.75, 3.05) is 4.72 Å². The lowest BCUT2D eigenvalue weighted by molar-refractivity contribution is 0.566. The van der Waals surface area contributed by atoms with Crippen molar-refractivity contribution in [3.8, 4) is 10.4 Å². The van der Waals surface area contributed by atoms with Crippen LogP contribution in [0.4, 0.5) is 5.69 Å². The van der Waals surface area contributed by atoms with Gasteiger partial charge in [0.1, 0.15) is 11.3 Å². The molecule has 4 aromatic rings. The first-order chi connectivity index (χ1) is 15.5. The van der Waals surface area contributed by atoms with E-state index >= 15 is 0 Å². The summed E-state index contributed by atoms with van der Waals surface area (Å²) >= 11 is 1.52. The molecule has 0 bridgehead atoms. The molecule has 3 aromatic heterocycles. The third-order valence-corrected chi connectivity index (χ3v) is 8.75. The lowest BCUT2D eigenvalue weighted by Gasteiger charge is -2.20. The van der Waals surface area contributed by atoms with Gasteiger partial charge >= 0.3 is 0 Å². The molecule has 0 aliphatic rings. The number of anilines is 1. The molecule has 174 valence electrons. The summed E-state index contributed by atoms with van der Waals surface area (Å²) in [4.78, 5) is 10.5. The largest absolute Gasteiger partial charge is 0.308 e. The Balaban J connectivity index is 1.64. The molecule has 0 unspecified atom stereocenters. The smallest absolute Gasteiger partial charge is 0.237 e. The van der Waals surface area contributed by atoms with Crippen LogP contribution in [0.25, 0.3) is 21.6 Å². The molecule has 6 nitrogen and oxygen atoms in total. The summed E-state index contributed by atoms with van der Waals surface area (Å²) in [5.74, 6) is 1.02. The second kappa shape index (κ2) is 8.57. The summed E-state index contributed by atoms with van der Waals surface area (Å²) in [6.45, 7) is 12.0. The van der Waals surface area contributed by atoms with Gasteiger partial charge in [-0.05, 0) is 68.8 Å². The summed E-state index contributed by atoms with van der Waals surface area (Å²) in [5, 5.41) is 1.91. The van der Waals surface area contributed by atoms with E-state index in [1.165, 1.54) is 11.3 Å². The van der Waals surface area contributed by atoms with Crippen LogP contribution in [0.2, 0.25) is 0 Å². The Kier molecular flexibility index (Phi) is 6.09. The predicted molar refractivity (Wildman–Crippen MR) is 138 cm³/mol. The molecular weight excluding hydrogens is 452 g/mol. The van der Waals surface area contributed by atoms with E-state index < -0.39 is 14.8 Å². The third-order valence-electron chi connectivity index (χ3n) is 5.69. The van der Waals surface area contributed by atoms with Gasteiger partial charge in [0.05, 0.1) is 21.9 Å². The molecule has 0 spiro atoms. The number of fused-ring (bicyclic) bond motifs is 1. The van der Waals surface area contributed by atoms with Crippen molar-refractivity contribution in [2.24, 2.45) is 0 Å². The van der Waals surface area contributed by atoms with Gasteiger partial charge in [-0.25, -0.2) is 18.4 Å². The molecule has 1 aromatic carbocycles. The summed E-state index contributed by atoms with van der Waals surface area (Å²) in [6, 6.07) is 12.2. The normalized spacial score (nSPS) is 12.4. The van der Waals surface area contributed by atoms with E-state index in [1.807, 2.05) is 30.5 Å². The number of rotatable bonds is 6. The molecule has 3 heterocycles. The van der Waals surface area contributed by atoms with Gasteiger partial charge in [0.25, 0.3) is 0 Å². The fourth-order valence-corrected chi connectivity index (χ4v) is 5.43. The van der Waals surface area contributed by atoms with Crippen molar-refractivity contribution >= 4 is 38.2 Å². The van der Waals surface area contributed by atoms with Crippen LogP contribution in [-0.2, 0) is 23.0 Å². The predicted octanol–water partition coefficient (Wildman–Crippen LogP) is 5.93. The first-order valence-corrected chi connectivity index (χ1v) is 13.4. The van der Waals surface area contributed by atoms with Crippen molar-refractivity contribution in [3.05, 3.63) is 64.4 Å². The lowest BCUT2D eigenvalue weighted by Crippen LogP contribution is -2.33. The number of aryl methyl sites for hydroxylation is 3. The average Bonchev–Trinajstić information content (AvgIpc) is 3.32. The molecule has 4 rings (SSSR count). The second-order valence-electron chi connectivity index (χ2n) is 9.30. The second-order valence-corrected chi connectivity index (χ2v) is 12.7. The minimum Gasteiger partial charge on any atom is -0.308 e. The number of sulfonamides is 1. The lowest BCUT2D eigenvalue weighted by atomic mass is 10.1. The van der Waals surface area contributed by atoms with Crippen LogP contribution < -0.4 is 4.72 Å². The van der Waals surface area contributed by atoms with Crippen LogP contribution in [0.1, 0.15) is 50.3 Å². The fourth-order valence-electron chi connectivity index (χ4n) is 3.74. The van der Waals surface area contributed by atoms with Crippen LogP contribution in [0.3, 0.4) is 0 Å². The third kappa shape index (κ3) is 4.54. The van der Waals surface area contributed by atoms with E-state index in [1.54, 1.807) is 20.8 Å². The number of imidazole rings is 1. The van der Waals surface area contributed by atoms with E-state index in [4.69, 9.17) is 9.97 Å². The van der Waals surface area contributed by atoms with Gasteiger partial charge in [-0.15, -0.1) is 11.3 Å². The number of thiophene rings is 1. The Bertz CT molecular complexity index is 1410. The van der Waals surface area contributed by atoms with Gasteiger partial charge in [0, 0.05) is 12.1 Å².